The monoisotopic (exact) mass is 320 g/mol. The van der Waals surface area contributed by atoms with Gasteiger partial charge in [0.05, 0.1) is 0 Å². The van der Waals surface area contributed by atoms with E-state index in [1.165, 1.54) is 17.8 Å². The molecule has 0 unspecified atom stereocenters. The van der Waals surface area contributed by atoms with Crippen molar-refractivity contribution in [1.82, 2.24) is 9.97 Å². The van der Waals surface area contributed by atoms with Crippen molar-refractivity contribution in [2.75, 3.05) is 11.1 Å². The summed E-state index contributed by atoms with van der Waals surface area (Å²) in [5.41, 5.74) is 6.42. The van der Waals surface area contributed by atoms with Crippen LogP contribution in [0.5, 0.6) is 0 Å². The van der Waals surface area contributed by atoms with Crippen LogP contribution < -0.4 is 11.1 Å². The SMILES string of the molecule is Nc1cc(Cl)nc(Sc2ccc(NC(=O)C3CC3)cc2)n1. The summed E-state index contributed by atoms with van der Waals surface area (Å²) < 4.78 is 0. The van der Waals surface area contributed by atoms with E-state index in [-0.39, 0.29) is 11.8 Å². The lowest BCUT2D eigenvalue weighted by molar-refractivity contribution is -0.117. The van der Waals surface area contributed by atoms with Gasteiger partial charge in [-0.15, -0.1) is 0 Å². The lowest BCUT2D eigenvalue weighted by Crippen LogP contribution is -2.12. The number of carbonyl (C=O) groups is 1. The van der Waals surface area contributed by atoms with Crippen molar-refractivity contribution in [2.24, 2.45) is 5.92 Å². The van der Waals surface area contributed by atoms with Crippen LogP contribution in [0.15, 0.2) is 40.4 Å². The van der Waals surface area contributed by atoms with E-state index >= 15 is 0 Å². The summed E-state index contributed by atoms with van der Waals surface area (Å²) in [5.74, 6) is 0.633. The number of carbonyl (C=O) groups excluding carboxylic acids is 1. The molecule has 0 atom stereocenters. The second-order valence-electron chi connectivity index (χ2n) is 4.79. The normalized spacial score (nSPS) is 14.0. The van der Waals surface area contributed by atoms with E-state index in [2.05, 4.69) is 15.3 Å². The van der Waals surface area contributed by atoms with Crippen LogP contribution in [0.25, 0.3) is 0 Å². The molecule has 3 N–H and O–H groups in total. The minimum Gasteiger partial charge on any atom is -0.384 e. The molecule has 2 aromatic rings. The van der Waals surface area contributed by atoms with E-state index in [0.717, 1.165) is 23.4 Å². The molecule has 1 aliphatic rings. The highest BCUT2D eigenvalue weighted by Crippen LogP contribution is 2.31. The average Bonchev–Trinajstić information content (AvgIpc) is 3.24. The van der Waals surface area contributed by atoms with Crippen LogP contribution >= 0.6 is 23.4 Å². The average molecular weight is 321 g/mol. The van der Waals surface area contributed by atoms with E-state index in [1.807, 2.05) is 24.3 Å². The number of benzene rings is 1. The number of nitrogens with two attached hydrogens (primary N) is 1. The van der Waals surface area contributed by atoms with E-state index < -0.39 is 0 Å². The molecular weight excluding hydrogens is 308 g/mol. The first-order chi connectivity index (χ1) is 10.1. The number of rotatable bonds is 4. The molecule has 0 spiro atoms. The van der Waals surface area contributed by atoms with Crippen molar-refractivity contribution in [2.45, 2.75) is 22.9 Å². The van der Waals surface area contributed by atoms with Gasteiger partial charge in [0.1, 0.15) is 11.0 Å². The topological polar surface area (TPSA) is 80.9 Å². The second-order valence-corrected chi connectivity index (χ2v) is 6.22. The lowest BCUT2D eigenvalue weighted by Gasteiger charge is -2.06. The van der Waals surface area contributed by atoms with Gasteiger partial charge in [0, 0.05) is 22.6 Å². The van der Waals surface area contributed by atoms with Crippen molar-refractivity contribution in [3.05, 3.63) is 35.5 Å². The minimum atomic E-state index is 0.0985. The molecule has 3 rings (SSSR count). The Bertz CT molecular complexity index is 653. The van der Waals surface area contributed by atoms with Crippen LogP contribution in [0.3, 0.4) is 0 Å². The molecule has 1 saturated carbocycles. The molecule has 1 aromatic heterocycles. The van der Waals surface area contributed by atoms with Crippen LogP contribution in [0.4, 0.5) is 11.5 Å². The zero-order chi connectivity index (χ0) is 14.8. The predicted molar refractivity (Wildman–Crippen MR) is 83.4 cm³/mol. The van der Waals surface area contributed by atoms with Gasteiger partial charge >= 0.3 is 0 Å². The maximum atomic E-state index is 11.7. The van der Waals surface area contributed by atoms with Crippen LogP contribution in [0.1, 0.15) is 12.8 Å². The van der Waals surface area contributed by atoms with E-state index in [4.69, 9.17) is 17.3 Å². The summed E-state index contributed by atoms with van der Waals surface area (Å²) >= 11 is 7.21. The highest BCUT2D eigenvalue weighted by Gasteiger charge is 2.29. The molecule has 108 valence electrons. The Kier molecular flexibility index (Phi) is 3.98. The van der Waals surface area contributed by atoms with E-state index in [0.29, 0.717) is 16.1 Å². The molecule has 1 fully saturated rings. The van der Waals surface area contributed by atoms with Gasteiger partial charge in [-0.2, -0.15) is 0 Å². The molecule has 7 heteroatoms. The molecule has 21 heavy (non-hydrogen) atoms. The first-order valence-electron chi connectivity index (χ1n) is 6.49. The van der Waals surface area contributed by atoms with Crippen molar-refractivity contribution >= 4 is 40.8 Å². The van der Waals surface area contributed by atoms with Gasteiger partial charge in [0.15, 0.2) is 5.16 Å². The first kappa shape index (κ1) is 14.2. The molecule has 0 bridgehead atoms. The largest absolute Gasteiger partial charge is 0.384 e. The van der Waals surface area contributed by atoms with E-state index in [9.17, 15) is 4.79 Å². The Hall–Kier alpha value is -1.79. The first-order valence-corrected chi connectivity index (χ1v) is 7.68. The summed E-state index contributed by atoms with van der Waals surface area (Å²) in [6, 6.07) is 9.01. The molecule has 1 heterocycles. The van der Waals surface area contributed by atoms with Crippen LogP contribution in [0.2, 0.25) is 5.15 Å². The summed E-state index contributed by atoms with van der Waals surface area (Å²) in [4.78, 5) is 20.8. The fourth-order valence-electron chi connectivity index (χ4n) is 1.76. The maximum Gasteiger partial charge on any atom is 0.227 e. The second kappa shape index (κ2) is 5.91. The maximum absolute atomic E-state index is 11.7. The number of nitrogens with one attached hydrogen (secondary N) is 1. The third-order valence-electron chi connectivity index (χ3n) is 2.97. The fraction of sp³-hybridized carbons (Fsp3) is 0.214. The number of hydrogen-bond donors (Lipinski definition) is 2. The number of nitrogen functional groups attached to an aromatic ring is 1. The molecule has 0 radical (unpaired) electrons. The van der Waals surface area contributed by atoms with Crippen molar-refractivity contribution in [1.29, 1.82) is 0 Å². The predicted octanol–water partition coefficient (Wildman–Crippen LogP) is 3.21. The Balaban J connectivity index is 1.67. The molecule has 1 aliphatic carbocycles. The van der Waals surface area contributed by atoms with Gasteiger partial charge in [-0.25, -0.2) is 9.97 Å². The summed E-state index contributed by atoms with van der Waals surface area (Å²) in [5, 5.41) is 3.71. The summed E-state index contributed by atoms with van der Waals surface area (Å²) in [6.45, 7) is 0. The highest BCUT2D eigenvalue weighted by atomic mass is 35.5. The number of anilines is 2. The molecule has 1 amide bonds. The lowest BCUT2D eigenvalue weighted by atomic mass is 10.3. The van der Waals surface area contributed by atoms with Crippen LogP contribution in [-0.4, -0.2) is 15.9 Å². The third kappa shape index (κ3) is 3.86. The zero-order valence-corrected chi connectivity index (χ0v) is 12.6. The Morgan fingerprint density at radius 2 is 2.00 bits per heavy atom. The Labute approximate surface area is 131 Å². The smallest absolute Gasteiger partial charge is 0.227 e. The molecule has 1 aromatic carbocycles. The number of amides is 1. The van der Waals surface area contributed by atoms with E-state index in [1.54, 1.807) is 0 Å². The highest BCUT2D eigenvalue weighted by molar-refractivity contribution is 7.99. The summed E-state index contributed by atoms with van der Waals surface area (Å²) in [7, 11) is 0. The fourth-order valence-corrected chi connectivity index (χ4v) is 2.78. The van der Waals surface area contributed by atoms with Crippen molar-refractivity contribution < 1.29 is 4.79 Å². The van der Waals surface area contributed by atoms with Crippen molar-refractivity contribution in [3.8, 4) is 0 Å². The van der Waals surface area contributed by atoms with Gasteiger partial charge < -0.3 is 11.1 Å². The third-order valence-corrected chi connectivity index (χ3v) is 4.04. The minimum absolute atomic E-state index is 0.0985. The van der Waals surface area contributed by atoms with Crippen LogP contribution in [-0.2, 0) is 4.79 Å². The molecule has 5 nitrogen and oxygen atoms in total. The number of hydrogen-bond acceptors (Lipinski definition) is 5. The van der Waals surface area contributed by atoms with Gasteiger partial charge in [0.25, 0.3) is 0 Å². The zero-order valence-electron chi connectivity index (χ0n) is 11.0. The van der Waals surface area contributed by atoms with Gasteiger partial charge in [0.2, 0.25) is 5.91 Å². The number of aromatic nitrogens is 2. The number of halogens is 1. The molecule has 0 aliphatic heterocycles. The molecular formula is C14H13ClN4OS. The quantitative estimate of drug-likeness (QED) is 0.668. The summed E-state index contributed by atoms with van der Waals surface area (Å²) in [6.07, 6.45) is 1.99. The Morgan fingerprint density at radius 1 is 1.29 bits per heavy atom. The standard InChI is InChI=1S/C14H13ClN4OS/c15-11-7-12(16)19-14(18-11)21-10-5-3-9(4-6-10)17-13(20)8-1-2-8/h3-8H,1-2H2,(H,17,20)(H2,16,18,19). The Morgan fingerprint density at radius 3 is 2.62 bits per heavy atom. The molecule has 0 saturated heterocycles. The van der Waals surface area contributed by atoms with Gasteiger partial charge in [-0.05, 0) is 48.9 Å². The number of nitrogens with zero attached hydrogens (tertiary/aromatic N) is 2. The van der Waals surface area contributed by atoms with Crippen LogP contribution in [0, 0.1) is 5.92 Å². The van der Waals surface area contributed by atoms with Gasteiger partial charge in [-0.3, -0.25) is 4.79 Å². The van der Waals surface area contributed by atoms with Gasteiger partial charge in [-0.1, -0.05) is 11.6 Å². The van der Waals surface area contributed by atoms with Crippen molar-refractivity contribution in [3.63, 3.8) is 0 Å².